The standard InChI is InChI=1S/C10H20N2OS.ClH/c1-3-6-14-8-10(13)12-5-4-11-9(2)7-12;/h9,11H,3-8H2,1-2H3;1H. The minimum atomic E-state index is 0. The predicted molar refractivity (Wildman–Crippen MR) is 68.9 cm³/mol. The lowest BCUT2D eigenvalue weighted by Crippen LogP contribution is -2.51. The minimum absolute atomic E-state index is 0. The van der Waals surface area contributed by atoms with Gasteiger partial charge < -0.3 is 10.2 Å². The Balaban J connectivity index is 0.00000196. The van der Waals surface area contributed by atoms with E-state index in [1.54, 1.807) is 11.8 Å². The monoisotopic (exact) mass is 252 g/mol. The number of carbonyl (C=O) groups excluding carboxylic acids is 1. The second-order valence-corrected chi connectivity index (χ2v) is 4.85. The molecule has 0 spiro atoms. The number of hydrogen-bond acceptors (Lipinski definition) is 3. The van der Waals surface area contributed by atoms with Crippen LogP contribution in [0.15, 0.2) is 0 Å². The topological polar surface area (TPSA) is 32.3 Å². The lowest BCUT2D eigenvalue weighted by Gasteiger charge is -2.31. The Hall–Kier alpha value is 0.0700. The van der Waals surface area contributed by atoms with E-state index < -0.39 is 0 Å². The quantitative estimate of drug-likeness (QED) is 0.768. The fraction of sp³-hybridized carbons (Fsp3) is 0.900. The Morgan fingerprint density at radius 1 is 1.60 bits per heavy atom. The zero-order chi connectivity index (χ0) is 10.4. The third-order valence-corrected chi connectivity index (χ3v) is 3.44. The molecular formula is C10H21ClN2OS. The van der Waals surface area contributed by atoms with Gasteiger partial charge in [-0.05, 0) is 19.1 Å². The molecule has 0 aromatic carbocycles. The first kappa shape index (κ1) is 15.1. The SMILES string of the molecule is CCCSCC(=O)N1CCNC(C)C1.Cl. The first-order valence-corrected chi connectivity index (χ1v) is 6.48. The molecule has 1 aliphatic rings. The molecule has 1 saturated heterocycles. The van der Waals surface area contributed by atoms with Crippen LogP contribution in [0.4, 0.5) is 0 Å². The molecule has 0 saturated carbocycles. The molecule has 1 rings (SSSR count). The maximum atomic E-state index is 11.7. The largest absolute Gasteiger partial charge is 0.339 e. The van der Waals surface area contributed by atoms with Crippen LogP contribution in [0.5, 0.6) is 0 Å². The van der Waals surface area contributed by atoms with E-state index >= 15 is 0 Å². The van der Waals surface area contributed by atoms with E-state index in [2.05, 4.69) is 19.2 Å². The molecule has 0 aliphatic carbocycles. The van der Waals surface area contributed by atoms with Gasteiger partial charge in [0.05, 0.1) is 5.75 Å². The summed E-state index contributed by atoms with van der Waals surface area (Å²) in [5.41, 5.74) is 0. The average molecular weight is 253 g/mol. The zero-order valence-electron chi connectivity index (χ0n) is 9.49. The number of rotatable bonds is 4. The number of hydrogen-bond donors (Lipinski definition) is 1. The lowest BCUT2D eigenvalue weighted by atomic mass is 10.2. The first-order chi connectivity index (χ1) is 6.74. The highest BCUT2D eigenvalue weighted by molar-refractivity contribution is 7.99. The van der Waals surface area contributed by atoms with E-state index in [9.17, 15) is 4.79 Å². The van der Waals surface area contributed by atoms with Crippen LogP contribution >= 0.6 is 24.2 Å². The number of thioether (sulfide) groups is 1. The fourth-order valence-electron chi connectivity index (χ4n) is 1.55. The van der Waals surface area contributed by atoms with Gasteiger partial charge in [0.15, 0.2) is 0 Å². The van der Waals surface area contributed by atoms with Crippen LogP contribution in [0.2, 0.25) is 0 Å². The van der Waals surface area contributed by atoms with Crippen LogP contribution in [0.25, 0.3) is 0 Å². The Labute approximate surface area is 103 Å². The highest BCUT2D eigenvalue weighted by atomic mass is 35.5. The fourth-order valence-corrected chi connectivity index (χ4v) is 2.34. The van der Waals surface area contributed by atoms with E-state index in [4.69, 9.17) is 0 Å². The van der Waals surface area contributed by atoms with E-state index in [0.29, 0.717) is 17.7 Å². The van der Waals surface area contributed by atoms with E-state index in [0.717, 1.165) is 31.8 Å². The Bertz CT molecular complexity index is 192. The summed E-state index contributed by atoms with van der Waals surface area (Å²) in [6, 6.07) is 0.448. The molecular weight excluding hydrogens is 232 g/mol. The Kier molecular flexibility index (Phi) is 8.29. The lowest BCUT2D eigenvalue weighted by molar-refractivity contribution is -0.129. The summed E-state index contributed by atoms with van der Waals surface area (Å²) in [4.78, 5) is 13.7. The molecule has 1 fully saturated rings. The van der Waals surface area contributed by atoms with E-state index in [-0.39, 0.29) is 12.4 Å². The third-order valence-electron chi connectivity index (χ3n) is 2.30. The van der Waals surface area contributed by atoms with Crippen LogP contribution in [0.1, 0.15) is 20.3 Å². The normalized spacial score (nSPS) is 20.9. The summed E-state index contributed by atoms with van der Waals surface area (Å²) < 4.78 is 0. The molecule has 0 radical (unpaired) electrons. The molecule has 90 valence electrons. The Morgan fingerprint density at radius 3 is 2.93 bits per heavy atom. The van der Waals surface area contributed by atoms with Crippen molar-refractivity contribution < 1.29 is 4.79 Å². The van der Waals surface area contributed by atoms with Gasteiger partial charge in [-0.1, -0.05) is 6.92 Å². The summed E-state index contributed by atoms with van der Waals surface area (Å²) in [6.45, 7) is 6.94. The van der Waals surface area contributed by atoms with E-state index in [1.807, 2.05) is 4.90 Å². The predicted octanol–water partition coefficient (Wildman–Crippen LogP) is 1.37. The van der Waals surface area contributed by atoms with Crippen molar-refractivity contribution in [2.45, 2.75) is 26.3 Å². The molecule has 1 atom stereocenters. The van der Waals surface area contributed by atoms with Gasteiger partial charge in [-0.3, -0.25) is 4.79 Å². The smallest absolute Gasteiger partial charge is 0.232 e. The molecule has 1 heterocycles. The second kappa shape index (κ2) is 8.25. The van der Waals surface area contributed by atoms with E-state index in [1.165, 1.54) is 0 Å². The second-order valence-electron chi connectivity index (χ2n) is 3.75. The van der Waals surface area contributed by atoms with Gasteiger partial charge in [-0.15, -0.1) is 12.4 Å². The number of nitrogens with one attached hydrogen (secondary N) is 1. The molecule has 1 N–H and O–H groups in total. The van der Waals surface area contributed by atoms with Gasteiger partial charge >= 0.3 is 0 Å². The summed E-state index contributed by atoms with van der Waals surface area (Å²) in [7, 11) is 0. The maximum absolute atomic E-state index is 11.7. The van der Waals surface area contributed by atoms with Crippen molar-refractivity contribution in [1.82, 2.24) is 10.2 Å². The van der Waals surface area contributed by atoms with Crippen molar-refractivity contribution in [3.8, 4) is 0 Å². The van der Waals surface area contributed by atoms with Crippen molar-refractivity contribution in [1.29, 1.82) is 0 Å². The number of nitrogens with zero attached hydrogens (tertiary/aromatic N) is 1. The number of amides is 1. The van der Waals surface area contributed by atoms with Gasteiger partial charge in [0, 0.05) is 25.7 Å². The molecule has 3 nitrogen and oxygen atoms in total. The van der Waals surface area contributed by atoms with Crippen LogP contribution in [-0.4, -0.2) is 48.0 Å². The van der Waals surface area contributed by atoms with Gasteiger partial charge in [0.1, 0.15) is 0 Å². The number of halogens is 1. The highest BCUT2D eigenvalue weighted by Crippen LogP contribution is 2.06. The maximum Gasteiger partial charge on any atom is 0.232 e. The van der Waals surface area contributed by atoms with Gasteiger partial charge in [0.2, 0.25) is 5.91 Å². The molecule has 1 amide bonds. The molecule has 5 heteroatoms. The first-order valence-electron chi connectivity index (χ1n) is 5.33. The molecule has 0 bridgehead atoms. The molecule has 0 aromatic rings. The third kappa shape index (κ3) is 5.64. The minimum Gasteiger partial charge on any atom is -0.339 e. The van der Waals surface area contributed by atoms with Crippen molar-refractivity contribution in [2.24, 2.45) is 0 Å². The van der Waals surface area contributed by atoms with Gasteiger partial charge in [-0.25, -0.2) is 0 Å². The molecule has 15 heavy (non-hydrogen) atoms. The van der Waals surface area contributed by atoms with Crippen LogP contribution in [-0.2, 0) is 4.79 Å². The summed E-state index contributed by atoms with van der Waals surface area (Å²) in [6.07, 6.45) is 1.15. The van der Waals surface area contributed by atoms with Crippen molar-refractivity contribution in [2.75, 3.05) is 31.1 Å². The van der Waals surface area contributed by atoms with Crippen LogP contribution < -0.4 is 5.32 Å². The van der Waals surface area contributed by atoms with Crippen LogP contribution in [0.3, 0.4) is 0 Å². The highest BCUT2D eigenvalue weighted by Gasteiger charge is 2.19. The number of piperazine rings is 1. The average Bonchev–Trinajstić information content (AvgIpc) is 2.18. The summed E-state index contributed by atoms with van der Waals surface area (Å²) >= 11 is 1.74. The van der Waals surface area contributed by atoms with Crippen molar-refractivity contribution in [3.05, 3.63) is 0 Å². The molecule has 0 aromatic heterocycles. The van der Waals surface area contributed by atoms with Crippen molar-refractivity contribution >= 4 is 30.1 Å². The van der Waals surface area contributed by atoms with Crippen molar-refractivity contribution in [3.63, 3.8) is 0 Å². The van der Waals surface area contributed by atoms with Crippen LogP contribution in [0, 0.1) is 0 Å². The van der Waals surface area contributed by atoms with Gasteiger partial charge in [-0.2, -0.15) is 11.8 Å². The summed E-state index contributed by atoms with van der Waals surface area (Å²) in [5, 5.41) is 3.33. The summed E-state index contributed by atoms with van der Waals surface area (Å²) in [5.74, 6) is 2.05. The Morgan fingerprint density at radius 2 is 2.33 bits per heavy atom. The molecule has 1 aliphatic heterocycles. The molecule has 1 unspecified atom stereocenters. The zero-order valence-corrected chi connectivity index (χ0v) is 11.1. The number of carbonyl (C=O) groups is 1. The van der Waals surface area contributed by atoms with Gasteiger partial charge in [0.25, 0.3) is 0 Å².